The molecule has 0 aliphatic heterocycles. The summed E-state index contributed by atoms with van der Waals surface area (Å²) < 4.78 is 30.4. The summed E-state index contributed by atoms with van der Waals surface area (Å²) in [5.74, 6) is 0. The Morgan fingerprint density at radius 2 is 1.71 bits per heavy atom. The first-order valence-electron chi connectivity index (χ1n) is 5.02. The molecule has 0 aromatic heterocycles. The number of aliphatic hydroxyl groups is 1. The van der Waals surface area contributed by atoms with Crippen molar-refractivity contribution in [2.24, 2.45) is 0 Å². The minimum atomic E-state index is -3.88. The first kappa shape index (κ1) is 13.9. The van der Waals surface area contributed by atoms with Crippen molar-refractivity contribution < 1.29 is 18.1 Å². The van der Waals surface area contributed by atoms with Gasteiger partial charge in [0.25, 0.3) is 10.1 Å². The Balaban J connectivity index is 3.76. The zero-order valence-corrected chi connectivity index (χ0v) is 9.63. The third kappa shape index (κ3) is 6.34. The second-order valence-electron chi connectivity index (χ2n) is 3.68. The summed E-state index contributed by atoms with van der Waals surface area (Å²) in [4.78, 5) is 0. The first-order chi connectivity index (χ1) is 6.38. The Labute approximate surface area is 86.1 Å². The third-order valence-electron chi connectivity index (χ3n) is 2.27. The molecule has 0 aromatic rings. The van der Waals surface area contributed by atoms with Gasteiger partial charge in [0.05, 0.1) is 11.4 Å². The average molecular weight is 224 g/mol. The van der Waals surface area contributed by atoms with Gasteiger partial charge in [-0.3, -0.25) is 4.55 Å². The predicted molar refractivity (Wildman–Crippen MR) is 55.8 cm³/mol. The summed E-state index contributed by atoms with van der Waals surface area (Å²) in [6.45, 7) is 3.45. The molecule has 0 saturated carbocycles. The Morgan fingerprint density at radius 1 is 1.21 bits per heavy atom. The lowest BCUT2D eigenvalue weighted by Crippen LogP contribution is -2.19. The van der Waals surface area contributed by atoms with Crippen LogP contribution < -0.4 is 0 Å². The van der Waals surface area contributed by atoms with Gasteiger partial charge in [0.1, 0.15) is 0 Å². The smallest absolute Gasteiger partial charge is 0.267 e. The third-order valence-corrected chi connectivity index (χ3v) is 3.69. The van der Waals surface area contributed by atoms with Gasteiger partial charge in [-0.25, -0.2) is 0 Å². The van der Waals surface area contributed by atoms with Crippen molar-refractivity contribution in [3.8, 4) is 0 Å². The molecule has 0 rings (SSSR count). The number of hydrogen-bond acceptors (Lipinski definition) is 3. The van der Waals surface area contributed by atoms with Crippen molar-refractivity contribution in [3.05, 3.63) is 0 Å². The van der Waals surface area contributed by atoms with Crippen molar-refractivity contribution >= 4 is 10.1 Å². The van der Waals surface area contributed by atoms with Crippen LogP contribution in [-0.2, 0) is 10.1 Å². The van der Waals surface area contributed by atoms with E-state index < -0.39 is 15.4 Å². The second kappa shape index (κ2) is 6.37. The molecule has 0 fully saturated rings. The van der Waals surface area contributed by atoms with E-state index in [2.05, 4.69) is 0 Å². The van der Waals surface area contributed by atoms with Crippen LogP contribution in [0, 0.1) is 0 Å². The van der Waals surface area contributed by atoms with Crippen molar-refractivity contribution in [2.45, 2.75) is 57.3 Å². The van der Waals surface area contributed by atoms with Crippen LogP contribution in [0.3, 0.4) is 0 Å². The van der Waals surface area contributed by atoms with E-state index in [0.29, 0.717) is 19.3 Å². The summed E-state index contributed by atoms with van der Waals surface area (Å²) >= 11 is 0. The van der Waals surface area contributed by atoms with E-state index >= 15 is 0 Å². The minimum Gasteiger partial charge on any atom is -0.393 e. The van der Waals surface area contributed by atoms with Crippen LogP contribution in [0.4, 0.5) is 0 Å². The number of rotatable bonds is 7. The van der Waals surface area contributed by atoms with Crippen LogP contribution in [0.2, 0.25) is 0 Å². The summed E-state index contributed by atoms with van der Waals surface area (Å²) in [5.41, 5.74) is 0. The maximum Gasteiger partial charge on any atom is 0.267 e. The fraction of sp³-hybridized carbons (Fsp3) is 1.00. The van der Waals surface area contributed by atoms with E-state index in [4.69, 9.17) is 9.66 Å². The van der Waals surface area contributed by atoms with Gasteiger partial charge in [0, 0.05) is 0 Å². The maximum absolute atomic E-state index is 10.8. The number of unbranched alkanes of at least 4 members (excludes halogenated alkanes) is 1. The highest BCUT2D eigenvalue weighted by Gasteiger charge is 2.19. The van der Waals surface area contributed by atoms with E-state index in [0.717, 1.165) is 12.8 Å². The standard InChI is InChI=1S/C9H20O4S/c1-3-9(14(11,12)13)7-5-4-6-8(2)10/h8-10H,3-7H2,1-2H3,(H,11,12,13). The molecule has 0 aliphatic carbocycles. The van der Waals surface area contributed by atoms with Gasteiger partial charge >= 0.3 is 0 Å². The Bertz CT molecular complexity index is 233. The quantitative estimate of drug-likeness (QED) is 0.508. The molecule has 0 aromatic carbocycles. The van der Waals surface area contributed by atoms with Gasteiger partial charge < -0.3 is 5.11 Å². The van der Waals surface area contributed by atoms with Crippen molar-refractivity contribution in [2.75, 3.05) is 0 Å². The van der Waals surface area contributed by atoms with Gasteiger partial charge in [-0.15, -0.1) is 0 Å². The second-order valence-corrected chi connectivity index (χ2v) is 5.38. The molecule has 5 heteroatoms. The molecule has 2 N–H and O–H groups in total. The topological polar surface area (TPSA) is 74.6 Å². The van der Waals surface area contributed by atoms with Gasteiger partial charge in [0.15, 0.2) is 0 Å². The molecular weight excluding hydrogens is 204 g/mol. The molecule has 4 nitrogen and oxygen atoms in total. The lowest BCUT2D eigenvalue weighted by atomic mass is 10.1. The van der Waals surface area contributed by atoms with Crippen LogP contribution in [0.15, 0.2) is 0 Å². The maximum atomic E-state index is 10.8. The van der Waals surface area contributed by atoms with E-state index in [1.807, 2.05) is 0 Å². The number of aliphatic hydroxyl groups excluding tert-OH is 1. The Morgan fingerprint density at radius 3 is 2.07 bits per heavy atom. The van der Waals surface area contributed by atoms with Crippen LogP contribution in [0.5, 0.6) is 0 Å². The van der Waals surface area contributed by atoms with Gasteiger partial charge in [-0.2, -0.15) is 8.42 Å². The van der Waals surface area contributed by atoms with E-state index in [-0.39, 0.29) is 6.10 Å². The molecule has 2 unspecified atom stereocenters. The zero-order chi connectivity index (χ0) is 11.2. The molecule has 0 radical (unpaired) electrons. The molecule has 2 atom stereocenters. The van der Waals surface area contributed by atoms with Gasteiger partial charge in [0.2, 0.25) is 0 Å². The SMILES string of the molecule is CCC(CCCCC(C)O)S(=O)(=O)O. The van der Waals surface area contributed by atoms with E-state index in [1.165, 1.54) is 0 Å². The Hall–Kier alpha value is -0.130. The van der Waals surface area contributed by atoms with Crippen molar-refractivity contribution in [1.82, 2.24) is 0 Å². The summed E-state index contributed by atoms with van der Waals surface area (Å²) in [6.07, 6.45) is 2.78. The summed E-state index contributed by atoms with van der Waals surface area (Å²) in [5, 5.41) is 8.32. The molecule has 0 amide bonds. The van der Waals surface area contributed by atoms with E-state index in [9.17, 15) is 8.42 Å². The van der Waals surface area contributed by atoms with Gasteiger partial charge in [-0.05, 0) is 26.2 Å². The molecule has 0 spiro atoms. The van der Waals surface area contributed by atoms with Crippen LogP contribution >= 0.6 is 0 Å². The highest BCUT2D eigenvalue weighted by atomic mass is 32.2. The van der Waals surface area contributed by atoms with Crippen molar-refractivity contribution in [3.63, 3.8) is 0 Å². The lowest BCUT2D eigenvalue weighted by molar-refractivity contribution is 0.180. The molecule has 0 heterocycles. The summed E-state index contributed by atoms with van der Waals surface area (Å²) in [6, 6.07) is 0. The molecule has 0 saturated heterocycles. The molecule has 14 heavy (non-hydrogen) atoms. The number of hydrogen-bond donors (Lipinski definition) is 2. The normalized spacial score (nSPS) is 16.6. The lowest BCUT2D eigenvalue weighted by Gasteiger charge is -2.11. The minimum absolute atomic E-state index is 0.333. The fourth-order valence-corrected chi connectivity index (χ4v) is 2.26. The molecular formula is C9H20O4S. The monoisotopic (exact) mass is 224 g/mol. The van der Waals surface area contributed by atoms with Crippen LogP contribution in [0.25, 0.3) is 0 Å². The first-order valence-corrected chi connectivity index (χ1v) is 6.52. The highest BCUT2D eigenvalue weighted by Crippen LogP contribution is 2.14. The van der Waals surface area contributed by atoms with E-state index in [1.54, 1.807) is 13.8 Å². The molecule has 86 valence electrons. The molecule has 0 bridgehead atoms. The van der Waals surface area contributed by atoms with Gasteiger partial charge in [-0.1, -0.05) is 19.8 Å². The zero-order valence-electron chi connectivity index (χ0n) is 8.81. The van der Waals surface area contributed by atoms with Crippen LogP contribution in [-0.4, -0.2) is 29.4 Å². The van der Waals surface area contributed by atoms with Crippen LogP contribution in [0.1, 0.15) is 46.0 Å². The largest absolute Gasteiger partial charge is 0.393 e. The predicted octanol–water partition coefficient (Wildman–Crippen LogP) is 1.59. The van der Waals surface area contributed by atoms with Crippen molar-refractivity contribution in [1.29, 1.82) is 0 Å². The molecule has 0 aliphatic rings. The average Bonchev–Trinajstić information content (AvgIpc) is 2.01. The summed E-state index contributed by atoms with van der Waals surface area (Å²) in [7, 11) is -3.88. The highest BCUT2D eigenvalue weighted by molar-refractivity contribution is 7.86. The Kier molecular flexibility index (Phi) is 6.31. The fourth-order valence-electron chi connectivity index (χ4n) is 1.38.